The van der Waals surface area contributed by atoms with Crippen molar-refractivity contribution in [2.45, 2.75) is 44.8 Å². The highest BCUT2D eigenvalue weighted by Crippen LogP contribution is 2.24. The second kappa shape index (κ2) is 5.80. The van der Waals surface area contributed by atoms with Crippen molar-refractivity contribution in [3.63, 3.8) is 0 Å². The smallest absolute Gasteiger partial charge is 0.129 e. The molecule has 2 heterocycles. The number of pyridine rings is 1. The summed E-state index contributed by atoms with van der Waals surface area (Å²) in [6.07, 6.45) is 5.62. The number of rotatable bonds is 3. The monoisotopic (exact) mass is 253 g/mol. The second-order valence-electron chi connectivity index (χ2n) is 4.83. The highest BCUT2D eigenvalue weighted by molar-refractivity contribution is 6.29. The summed E-state index contributed by atoms with van der Waals surface area (Å²) in [5.41, 5.74) is 7.07. The first kappa shape index (κ1) is 12.8. The third-order valence-corrected chi connectivity index (χ3v) is 3.84. The molecule has 2 atom stereocenters. The fourth-order valence-corrected chi connectivity index (χ4v) is 2.70. The van der Waals surface area contributed by atoms with Crippen LogP contribution in [0.5, 0.6) is 0 Å². The highest BCUT2D eigenvalue weighted by Gasteiger charge is 2.26. The zero-order valence-corrected chi connectivity index (χ0v) is 11.0. The Morgan fingerprint density at radius 3 is 2.94 bits per heavy atom. The first-order valence-corrected chi connectivity index (χ1v) is 6.64. The molecule has 0 aromatic carbocycles. The molecule has 0 spiro atoms. The average Bonchev–Trinajstić information content (AvgIpc) is 2.34. The molecule has 94 valence electrons. The van der Waals surface area contributed by atoms with E-state index in [1.807, 2.05) is 18.3 Å². The molecule has 2 rings (SSSR count). The Bertz CT molecular complexity index is 352. The number of hydrogen-bond donors (Lipinski definition) is 1. The van der Waals surface area contributed by atoms with E-state index in [1.165, 1.54) is 24.8 Å². The van der Waals surface area contributed by atoms with Crippen LogP contribution in [0.4, 0.5) is 0 Å². The summed E-state index contributed by atoms with van der Waals surface area (Å²) < 4.78 is 0. The van der Waals surface area contributed by atoms with Gasteiger partial charge in [-0.15, -0.1) is 0 Å². The van der Waals surface area contributed by atoms with E-state index in [0.717, 1.165) is 13.1 Å². The summed E-state index contributed by atoms with van der Waals surface area (Å²) in [5, 5.41) is 0.552. The molecule has 1 saturated heterocycles. The summed E-state index contributed by atoms with van der Waals surface area (Å²) in [5.74, 6) is 0. The standard InChI is InChI=1S/C13H20ClN3/c1-10-3-2-4-12(7-15)17(10)9-11-5-6-13(14)16-8-11/h5-6,8,10,12H,2-4,7,9,15H2,1H3. The molecule has 0 saturated carbocycles. The number of piperidine rings is 1. The van der Waals surface area contributed by atoms with Gasteiger partial charge in [0.1, 0.15) is 5.15 Å². The van der Waals surface area contributed by atoms with Gasteiger partial charge >= 0.3 is 0 Å². The van der Waals surface area contributed by atoms with Crippen LogP contribution in [0.25, 0.3) is 0 Å². The number of aromatic nitrogens is 1. The summed E-state index contributed by atoms with van der Waals surface area (Å²) in [4.78, 5) is 6.62. The fraction of sp³-hybridized carbons (Fsp3) is 0.615. The van der Waals surface area contributed by atoms with E-state index < -0.39 is 0 Å². The van der Waals surface area contributed by atoms with Crippen LogP contribution >= 0.6 is 11.6 Å². The van der Waals surface area contributed by atoms with Crippen LogP contribution in [0.1, 0.15) is 31.7 Å². The zero-order valence-electron chi connectivity index (χ0n) is 10.3. The minimum Gasteiger partial charge on any atom is -0.329 e. The molecule has 1 fully saturated rings. The molecule has 0 radical (unpaired) electrons. The third-order valence-electron chi connectivity index (χ3n) is 3.62. The van der Waals surface area contributed by atoms with Crippen molar-refractivity contribution in [2.24, 2.45) is 5.73 Å². The number of hydrogen-bond acceptors (Lipinski definition) is 3. The first-order valence-electron chi connectivity index (χ1n) is 6.27. The van der Waals surface area contributed by atoms with Crippen molar-refractivity contribution >= 4 is 11.6 Å². The molecule has 2 unspecified atom stereocenters. The van der Waals surface area contributed by atoms with Gasteiger partial charge in [0.15, 0.2) is 0 Å². The minimum atomic E-state index is 0.509. The van der Waals surface area contributed by atoms with E-state index in [4.69, 9.17) is 17.3 Å². The van der Waals surface area contributed by atoms with Crippen molar-refractivity contribution in [2.75, 3.05) is 6.54 Å². The van der Waals surface area contributed by atoms with Gasteiger partial charge in [0.2, 0.25) is 0 Å². The van der Waals surface area contributed by atoms with Gasteiger partial charge in [0.05, 0.1) is 0 Å². The Kier molecular flexibility index (Phi) is 4.37. The third kappa shape index (κ3) is 3.18. The quantitative estimate of drug-likeness (QED) is 0.842. The lowest BCUT2D eigenvalue weighted by molar-refractivity contribution is 0.0891. The molecule has 1 aromatic heterocycles. The Labute approximate surface area is 108 Å². The molecule has 17 heavy (non-hydrogen) atoms. The maximum atomic E-state index is 5.86. The number of likely N-dealkylation sites (tertiary alicyclic amines) is 1. The Morgan fingerprint density at radius 2 is 2.29 bits per heavy atom. The topological polar surface area (TPSA) is 42.1 Å². The Morgan fingerprint density at radius 1 is 1.47 bits per heavy atom. The van der Waals surface area contributed by atoms with Crippen molar-refractivity contribution < 1.29 is 0 Å². The van der Waals surface area contributed by atoms with Gasteiger partial charge in [-0.25, -0.2) is 4.98 Å². The van der Waals surface area contributed by atoms with Gasteiger partial charge in [-0.05, 0) is 31.4 Å². The maximum Gasteiger partial charge on any atom is 0.129 e. The van der Waals surface area contributed by atoms with Crippen molar-refractivity contribution in [3.8, 4) is 0 Å². The van der Waals surface area contributed by atoms with E-state index in [9.17, 15) is 0 Å². The van der Waals surface area contributed by atoms with Crippen LogP contribution in [0.3, 0.4) is 0 Å². The molecular formula is C13H20ClN3. The largest absolute Gasteiger partial charge is 0.329 e. The minimum absolute atomic E-state index is 0.509. The zero-order chi connectivity index (χ0) is 12.3. The molecule has 1 aliphatic heterocycles. The van der Waals surface area contributed by atoms with Crippen LogP contribution in [-0.2, 0) is 6.54 Å². The predicted molar refractivity (Wildman–Crippen MR) is 70.9 cm³/mol. The summed E-state index contributed by atoms with van der Waals surface area (Å²) in [6, 6.07) is 5.01. The number of nitrogens with zero attached hydrogens (tertiary/aromatic N) is 2. The van der Waals surface area contributed by atoms with Gasteiger partial charge in [-0.1, -0.05) is 24.1 Å². The van der Waals surface area contributed by atoms with E-state index in [2.05, 4.69) is 16.8 Å². The van der Waals surface area contributed by atoms with Crippen molar-refractivity contribution in [3.05, 3.63) is 29.0 Å². The van der Waals surface area contributed by atoms with Crippen molar-refractivity contribution in [1.82, 2.24) is 9.88 Å². The SMILES string of the molecule is CC1CCCC(CN)N1Cc1ccc(Cl)nc1. The van der Waals surface area contributed by atoms with E-state index in [0.29, 0.717) is 17.2 Å². The lowest BCUT2D eigenvalue weighted by Gasteiger charge is -2.40. The van der Waals surface area contributed by atoms with Crippen molar-refractivity contribution in [1.29, 1.82) is 0 Å². The summed E-state index contributed by atoms with van der Waals surface area (Å²) >= 11 is 5.79. The molecule has 2 N–H and O–H groups in total. The van der Waals surface area contributed by atoms with Crippen LogP contribution in [-0.4, -0.2) is 28.5 Å². The summed E-state index contributed by atoms with van der Waals surface area (Å²) in [6.45, 7) is 3.95. The molecule has 0 amide bonds. The normalized spacial score (nSPS) is 26.1. The average molecular weight is 254 g/mol. The van der Waals surface area contributed by atoms with E-state index in [-0.39, 0.29) is 0 Å². The van der Waals surface area contributed by atoms with Gasteiger partial charge in [-0.2, -0.15) is 0 Å². The highest BCUT2D eigenvalue weighted by atomic mass is 35.5. The Hall–Kier alpha value is -0.640. The second-order valence-corrected chi connectivity index (χ2v) is 5.22. The first-order chi connectivity index (χ1) is 8.20. The number of halogens is 1. The predicted octanol–water partition coefficient (Wildman–Crippen LogP) is 2.44. The van der Waals surface area contributed by atoms with E-state index >= 15 is 0 Å². The summed E-state index contributed by atoms with van der Waals surface area (Å²) in [7, 11) is 0. The molecule has 4 heteroatoms. The van der Waals surface area contributed by atoms with Gasteiger partial charge in [-0.3, -0.25) is 4.90 Å². The lowest BCUT2D eigenvalue weighted by atomic mass is 9.96. The Balaban J connectivity index is 2.06. The van der Waals surface area contributed by atoms with Gasteiger partial charge in [0, 0.05) is 31.4 Å². The molecule has 0 aliphatic carbocycles. The lowest BCUT2D eigenvalue weighted by Crippen LogP contribution is -2.48. The van der Waals surface area contributed by atoms with Crippen LogP contribution in [0.2, 0.25) is 5.15 Å². The van der Waals surface area contributed by atoms with Crippen LogP contribution < -0.4 is 5.73 Å². The molecule has 1 aliphatic rings. The van der Waals surface area contributed by atoms with Crippen LogP contribution in [0, 0.1) is 0 Å². The molecular weight excluding hydrogens is 234 g/mol. The molecule has 1 aromatic rings. The molecule has 0 bridgehead atoms. The van der Waals surface area contributed by atoms with E-state index in [1.54, 1.807) is 0 Å². The van der Waals surface area contributed by atoms with Gasteiger partial charge in [0.25, 0.3) is 0 Å². The molecule has 3 nitrogen and oxygen atoms in total. The maximum absolute atomic E-state index is 5.86. The van der Waals surface area contributed by atoms with Crippen LogP contribution in [0.15, 0.2) is 18.3 Å². The van der Waals surface area contributed by atoms with Gasteiger partial charge < -0.3 is 5.73 Å². The number of nitrogens with two attached hydrogens (primary N) is 1. The fourth-order valence-electron chi connectivity index (χ4n) is 2.59.